The Kier molecular flexibility index (Phi) is 4.28. The summed E-state index contributed by atoms with van der Waals surface area (Å²) in [5.74, 6) is 0. The average molecular weight is 275 g/mol. The fourth-order valence-corrected chi connectivity index (χ4v) is 1.42. The summed E-state index contributed by atoms with van der Waals surface area (Å²) in [5, 5.41) is 2.20. The van der Waals surface area contributed by atoms with E-state index in [-0.39, 0.29) is 5.56 Å². The van der Waals surface area contributed by atoms with Crippen molar-refractivity contribution in [1.82, 2.24) is 5.32 Å². The Bertz CT molecular complexity index is 457. The smallest absolute Gasteiger partial charge is 0.345 e. The molecule has 0 spiro atoms. The highest BCUT2D eigenvalue weighted by Crippen LogP contribution is 2.32. The molecule has 1 amide bonds. The van der Waals surface area contributed by atoms with E-state index >= 15 is 0 Å². The summed E-state index contributed by atoms with van der Waals surface area (Å²) in [7, 11) is 0. The van der Waals surface area contributed by atoms with Gasteiger partial charge in [-0.1, -0.05) is 24.3 Å². The van der Waals surface area contributed by atoms with Crippen LogP contribution in [0.4, 0.5) is 13.2 Å². The Labute approximate surface area is 106 Å². The van der Waals surface area contributed by atoms with Gasteiger partial charge in [-0.2, -0.15) is 13.2 Å². The van der Waals surface area contributed by atoms with E-state index in [0.29, 0.717) is 18.3 Å². The molecule has 0 fully saturated rings. The molecule has 1 unspecified atom stereocenters. The molecule has 0 aliphatic rings. The average Bonchev–Trinajstić information content (AvgIpc) is 2.35. The van der Waals surface area contributed by atoms with Crippen LogP contribution in [-0.4, -0.2) is 18.9 Å². The highest BCUT2D eigenvalue weighted by molar-refractivity contribution is 5.66. The molecule has 0 aliphatic heterocycles. The maximum Gasteiger partial charge on any atom is 0.423 e. The molecule has 0 saturated carbocycles. The number of rotatable bonds is 5. The molecule has 0 saturated heterocycles. The molecule has 1 atom stereocenters. The second-order valence-corrected chi connectivity index (χ2v) is 3.89. The van der Waals surface area contributed by atoms with Gasteiger partial charge in [-0.15, -0.1) is 0 Å². The Balaban J connectivity index is 3.05. The first-order chi connectivity index (χ1) is 8.74. The van der Waals surface area contributed by atoms with Crippen LogP contribution in [0, 0.1) is 0 Å². The summed E-state index contributed by atoms with van der Waals surface area (Å²) in [4.78, 5) is 20.9. The quantitative estimate of drug-likeness (QED) is 0.532. The summed E-state index contributed by atoms with van der Waals surface area (Å²) in [6.07, 6.45) is -4.04. The minimum absolute atomic E-state index is 0.318. The second kappa shape index (κ2) is 5.37. The van der Waals surface area contributed by atoms with Crippen molar-refractivity contribution in [3.63, 3.8) is 0 Å². The number of nitrogens with one attached hydrogen (secondary N) is 1. The maximum atomic E-state index is 12.6. The number of halogens is 3. The van der Waals surface area contributed by atoms with Crippen LogP contribution in [0.2, 0.25) is 0 Å². The van der Waals surface area contributed by atoms with Gasteiger partial charge in [-0.3, -0.25) is 4.79 Å². The summed E-state index contributed by atoms with van der Waals surface area (Å²) in [5.41, 5.74) is 7.09. The number of carbonyl (C=O) groups is 2. The molecular weight excluding hydrogens is 263 g/mol. The summed E-state index contributed by atoms with van der Waals surface area (Å²) < 4.78 is 37.8. The lowest BCUT2D eigenvalue weighted by molar-refractivity contribution is -0.188. The van der Waals surface area contributed by atoms with Crippen molar-refractivity contribution in [3.8, 4) is 0 Å². The van der Waals surface area contributed by atoms with Gasteiger partial charge < -0.3 is 21.6 Å². The summed E-state index contributed by atoms with van der Waals surface area (Å²) in [6.45, 7) is 0. The lowest BCUT2D eigenvalue weighted by atomic mass is 9.97. The first kappa shape index (κ1) is 15.1. The first-order valence-corrected chi connectivity index (χ1v) is 5.14. The van der Waals surface area contributed by atoms with Crippen LogP contribution in [0.25, 0.3) is 0 Å². The van der Waals surface area contributed by atoms with E-state index in [1.54, 1.807) is 0 Å². The molecule has 5 N–H and O–H groups in total. The summed E-state index contributed by atoms with van der Waals surface area (Å²) >= 11 is 0. The number of nitrogens with two attached hydrogens (primary N) is 2. The number of hydrogen-bond donors (Lipinski definition) is 3. The molecule has 0 heterocycles. The van der Waals surface area contributed by atoms with E-state index in [2.05, 4.69) is 5.32 Å². The van der Waals surface area contributed by atoms with Crippen LogP contribution in [0.1, 0.15) is 17.2 Å². The number of hydrogen-bond acceptors (Lipinski definition) is 4. The zero-order valence-corrected chi connectivity index (χ0v) is 9.65. The van der Waals surface area contributed by atoms with E-state index < -0.39 is 17.9 Å². The highest BCUT2D eigenvalue weighted by Gasteiger charge is 2.50. The van der Waals surface area contributed by atoms with Gasteiger partial charge in [0.25, 0.3) is 0 Å². The number of aldehydes is 1. The molecule has 0 bridgehead atoms. The van der Waals surface area contributed by atoms with Crippen LogP contribution in [0.5, 0.6) is 0 Å². The van der Waals surface area contributed by atoms with Gasteiger partial charge in [0.15, 0.2) is 5.66 Å². The van der Waals surface area contributed by atoms with E-state index in [4.69, 9.17) is 11.5 Å². The highest BCUT2D eigenvalue weighted by atomic mass is 19.4. The number of carbonyl (C=O) groups excluding carboxylic acids is 2. The van der Waals surface area contributed by atoms with Gasteiger partial charge in [0.2, 0.25) is 6.41 Å². The van der Waals surface area contributed by atoms with E-state index in [0.717, 1.165) is 12.1 Å². The van der Waals surface area contributed by atoms with Crippen LogP contribution >= 0.6 is 0 Å². The van der Waals surface area contributed by atoms with Crippen molar-refractivity contribution in [2.45, 2.75) is 17.9 Å². The minimum atomic E-state index is -4.81. The van der Waals surface area contributed by atoms with E-state index in [1.165, 1.54) is 12.1 Å². The Morgan fingerprint density at radius 2 is 1.63 bits per heavy atom. The molecular formula is C11H12F3N3O2. The Hall–Kier alpha value is -1.93. The topological polar surface area (TPSA) is 98.2 Å². The second-order valence-electron chi connectivity index (χ2n) is 3.89. The minimum Gasteiger partial charge on any atom is -0.345 e. The fraction of sp³-hybridized carbons (Fsp3) is 0.273. The van der Waals surface area contributed by atoms with Gasteiger partial charge in [-0.25, -0.2) is 0 Å². The molecule has 5 nitrogen and oxygen atoms in total. The SMILES string of the molecule is NC(N)(c1ccc(C(C=O)NC=O)cc1)C(F)(F)F. The third kappa shape index (κ3) is 3.09. The molecule has 19 heavy (non-hydrogen) atoms. The zero-order valence-electron chi connectivity index (χ0n) is 9.65. The monoisotopic (exact) mass is 275 g/mol. The van der Waals surface area contributed by atoms with Crippen molar-refractivity contribution >= 4 is 12.7 Å². The maximum absolute atomic E-state index is 12.6. The standard InChI is InChI=1S/C11H12F3N3O2/c12-11(13,14)10(15,16)8-3-1-7(2-4-8)9(5-18)17-6-19/h1-6,9H,15-16H2,(H,17,19). The molecule has 1 aromatic rings. The lowest BCUT2D eigenvalue weighted by Crippen LogP contribution is -2.57. The van der Waals surface area contributed by atoms with Crippen LogP contribution in [0.15, 0.2) is 24.3 Å². The van der Waals surface area contributed by atoms with Crippen molar-refractivity contribution < 1.29 is 22.8 Å². The molecule has 0 radical (unpaired) electrons. The first-order valence-electron chi connectivity index (χ1n) is 5.14. The third-order valence-corrected chi connectivity index (χ3v) is 2.60. The number of amides is 1. The predicted octanol–water partition coefficient (Wildman–Crippen LogP) is 0.305. The van der Waals surface area contributed by atoms with Crippen LogP contribution in [-0.2, 0) is 15.3 Å². The lowest BCUT2D eigenvalue weighted by Gasteiger charge is -2.28. The molecule has 1 aromatic carbocycles. The Morgan fingerprint density at radius 1 is 1.11 bits per heavy atom. The van der Waals surface area contributed by atoms with E-state index in [9.17, 15) is 22.8 Å². The molecule has 1 rings (SSSR count). The molecule has 104 valence electrons. The van der Waals surface area contributed by atoms with Gasteiger partial charge in [0.1, 0.15) is 12.3 Å². The summed E-state index contributed by atoms with van der Waals surface area (Å²) in [6, 6.07) is 3.68. The van der Waals surface area contributed by atoms with Crippen molar-refractivity contribution in [1.29, 1.82) is 0 Å². The number of benzene rings is 1. The predicted molar refractivity (Wildman–Crippen MR) is 60.6 cm³/mol. The molecule has 0 aromatic heterocycles. The van der Waals surface area contributed by atoms with Crippen molar-refractivity contribution in [2.24, 2.45) is 11.5 Å². The Morgan fingerprint density at radius 3 is 2.00 bits per heavy atom. The normalized spacial score (nSPS) is 13.7. The third-order valence-electron chi connectivity index (χ3n) is 2.60. The van der Waals surface area contributed by atoms with Gasteiger partial charge in [0.05, 0.1) is 0 Å². The van der Waals surface area contributed by atoms with Crippen LogP contribution in [0.3, 0.4) is 0 Å². The van der Waals surface area contributed by atoms with Gasteiger partial charge >= 0.3 is 6.18 Å². The van der Waals surface area contributed by atoms with Crippen molar-refractivity contribution in [2.75, 3.05) is 0 Å². The van der Waals surface area contributed by atoms with Gasteiger partial charge in [0, 0.05) is 0 Å². The van der Waals surface area contributed by atoms with Crippen LogP contribution < -0.4 is 16.8 Å². The largest absolute Gasteiger partial charge is 0.423 e. The molecule has 8 heteroatoms. The fourth-order valence-electron chi connectivity index (χ4n) is 1.42. The number of alkyl halides is 3. The van der Waals surface area contributed by atoms with Gasteiger partial charge in [-0.05, 0) is 11.1 Å². The zero-order chi connectivity index (χ0) is 14.7. The van der Waals surface area contributed by atoms with Crippen molar-refractivity contribution in [3.05, 3.63) is 35.4 Å². The molecule has 0 aliphatic carbocycles. The van der Waals surface area contributed by atoms with E-state index in [1.807, 2.05) is 0 Å².